The SMILES string of the molecule is CC(C)(C)OC(=O)[C@@]1(O)[C@@H](NC(=O)[C@H](CC(N)=O)NC(=O)[C@@H]2CCCN2)CCN1C(=O)CCCc1ccccc1. The summed E-state index contributed by atoms with van der Waals surface area (Å²) >= 11 is 0. The molecule has 0 saturated carbocycles. The van der Waals surface area contributed by atoms with Gasteiger partial charge in [0.15, 0.2) is 0 Å². The first-order valence-electron chi connectivity index (χ1n) is 13.7. The zero-order chi connectivity index (χ0) is 29.5. The van der Waals surface area contributed by atoms with Crippen molar-refractivity contribution < 1.29 is 33.8 Å². The van der Waals surface area contributed by atoms with Gasteiger partial charge in [-0.25, -0.2) is 4.79 Å². The number of carbonyl (C=O) groups excluding carboxylic acids is 5. The lowest BCUT2D eigenvalue weighted by atomic mass is 10.0. The van der Waals surface area contributed by atoms with Crippen LogP contribution in [0.3, 0.4) is 0 Å². The highest BCUT2D eigenvalue weighted by Crippen LogP contribution is 2.31. The van der Waals surface area contributed by atoms with E-state index in [0.717, 1.165) is 16.9 Å². The molecule has 40 heavy (non-hydrogen) atoms. The molecule has 2 fully saturated rings. The van der Waals surface area contributed by atoms with Crippen LogP contribution in [0, 0.1) is 0 Å². The van der Waals surface area contributed by atoms with Crippen LogP contribution in [-0.4, -0.2) is 82.1 Å². The Kier molecular flexibility index (Phi) is 10.3. The number of likely N-dealkylation sites (tertiary alicyclic amines) is 1. The van der Waals surface area contributed by atoms with Gasteiger partial charge in [-0.3, -0.25) is 19.2 Å². The molecule has 12 nitrogen and oxygen atoms in total. The standard InChI is InChI=1S/C28H41N5O7/c1-27(2,3)40-26(38)28(39)21(14-16-33(28)23(35)13-7-11-18-9-5-4-6-10-18)32-25(37)20(17-22(29)34)31-24(36)19-12-8-15-30-19/h4-6,9-10,19-21,30,39H,7-8,11-17H2,1-3H3,(H2,29,34)(H,31,36)(H,32,37)/t19-,20-,21-,28-/m0/s1. The van der Waals surface area contributed by atoms with Gasteiger partial charge in [-0.15, -0.1) is 0 Å². The molecule has 2 heterocycles. The molecule has 0 aromatic heterocycles. The van der Waals surface area contributed by atoms with E-state index in [-0.39, 0.29) is 19.4 Å². The molecule has 1 aromatic rings. The van der Waals surface area contributed by atoms with Crippen molar-refractivity contribution in [3.05, 3.63) is 35.9 Å². The number of ether oxygens (including phenoxy) is 1. The predicted octanol–water partition coefficient (Wildman–Crippen LogP) is -0.131. The van der Waals surface area contributed by atoms with Gasteiger partial charge in [0, 0.05) is 13.0 Å². The zero-order valence-electron chi connectivity index (χ0n) is 23.4. The smallest absolute Gasteiger partial charge is 0.362 e. The van der Waals surface area contributed by atoms with Gasteiger partial charge < -0.3 is 36.4 Å². The molecule has 1 aromatic carbocycles. The van der Waals surface area contributed by atoms with Gasteiger partial charge in [0.1, 0.15) is 11.6 Å². The summed E-state index contributed by atoms with van der Waals surface area (Å²) in [6.07, 6.45) is 2.13. The van der Waals surface area contributed by atoms with E-state index in [9.17, 15) is 29.1 Å². The van der Waals surface area contributed by atoms with Crippen LogP contribution in [0.1, 0.15) is 64.9 Å². The van der Waals surface area contributed by atoms with Crippen molar-refractivity contribution >= 4 is 29.6 Å². The Morgan fingerprint density at radius 1 is 1.18 bits per heavy atom. The minimum Gasteiger partial charge on any atom is -0.456 e. The molecule has 220 valence electrons. The maximum atomic E-state index is 13.3. The highest BCUT2D eigenvalue weighted by Gasteiger charge is 2.58. The van der Waals surface area contributed by atoms with Crippen LogP contribution in [0.15, 0.2) is 30.3 Å². The quantitative estimate of drug-likeness (QED) is 0.233. The van der Waals surface area contributed by atoms with Crippen LogP contribution in [0.25, 0.3) is 0 Å². The Morgan fingerprint density at radius 2 is 1.88 bits per heavy atom. The third-order valence-corrected chi connectivity index (χ3v) is 6.97. The Hall–Kier alpha value is -3.51. The van der Waals surface area contributed by atoms with E-state index >= 15 is 0 Å². The lowest BCUT2D eigenvalue weighted by Crippen LogP contribution is -2.65. The molecule has 3 rings (SSSR count). The molecule has 2 aliphatic rings. The number of nitrogens with two attached hydrogens (primary N) is 1. The summed E-state index contributed by atoms with van der Waals surface area (Å²) in [5, 5.41) is 19.9. The minimum absolute atomic E-state index is 0.0102. The van der Waals surface area contributed by atoms with E-state index in [1.165, 1.54) is 0 Å². The molecule has 12 heteroatoms. The van der Waals surface area contributed by atoms with Crippen molar-refractivity contribution in [2.24, 2.45) is 5.73 Å². The van der Waals surface area contributed by atoms with Gasteiger partial charge in [-0.1, -0.05) is 30.3 Å². The van der Waals surface area contributed by atoms with Crippen LogP contribution in [0.5, 0.6) is 0 Å². The van der Waals surface area contributed by atoms with Crippen LogP contribution < -0.4 is 21.7 Å². The second-order valence-corrected chi connectivity index (χ2v) is 11.3. The van der Waals surface area contributed by atoms with E-state index in [2.05, 4.69) is 16.0 Å². The number of esters is 1. The van der Waals surface area contributed by atoms with Crippen molar-refractivity contribution in [1.29, 1.82) is 0 Å². The van der Waals surface area contributed by atoms with Crippen molar-refractivity contribution in [2.75, 3.05) is 13.1 Å². The molecule has 4 amide bonds. The van der Waals surface area contributed by atoms with Gasteiger partial charge in [0.05, 0.1) is 18.5 Å². The number of hydrogen-bond acceptors (Lipinski definition) is 8. The van der Waals surface area contributed by atoms with Gasteiger partial charge in [0.2, 0.25) is 23.6 Å². The number of nitrogens with one attached hydrogen (secondary N) is 3. The average Bonchev–Trinajstić information content (AvgIpc) is 3.52. The van der Waals surface area contributed by atoms with Crippen molar-refractivity contribution in [3.8, 4) is 0 Å². The third-order valence-electron chi connectivity index (χ3n) is 6.97. The molecule has 4 atom stereocenters. The van der Waals surface area contributed by atoms with Crippen LogP contribution >= 0.6 is 0 Å². The van der Waals surface area contributed by atoms with E-state index in [1.807, 2.05) is 30.3 Å². The first kappa shape index (κ1) is 31.0. The maximum Gasteiger partial charge on any atom is 0.362 e. The normalized spacial score (nSPS) is 23.4. The zero-order valence-corrected chi connectivity index (χ0v) is 23.4. The maximum absolute atomic E-state index is 13.3. The largest absolute Gasteiger partial charge is 0.456 e. The lowest BCUT2D eigenvalue weighted by molar-refractivity contribution is -0.200. The summed E-state index contributed by atoms with van der Waals surface area (Å²) in [5.74, 6) is -3.62. The second-order valence-electron chi connectivity index (χ2n) is 11.3. The lowest BCUT2D eigenvalue weighted by Gasteiger charge is -2.37. The highest BCUT2D eigenvalue weighted by atomic mass is 16.6. The summed E-state index contributed by atoms with van der Waals surface area (Å²) in [5.41, 5.74) is 2.91. The van der Waals surface area contributed by atoms with E-state index in [0.29, 0.717) is 25.8 Å². The van der Waals surface area contributed by atoms with Crippen molar-refractivity contribution in [1.82, 2.24) is 20.9 Å². The Bertz CT molecular complexity index is 1080. The predicted molar refractivity (Wildman–Crippen MR) is 145 cm³/mol. The van der Waals surface area contributed by atoms with E-state index in [4.69, 9.17) is 10.5 Å². The molecule has 0 bridgehead atoms. The fourth-order valence-corrected chi connectivity index (χ4v) is 5.00. The number of aliphatic hydroxyl groups is 1. The third kappa shape index (κ3) is 8.01. The summed E-state index contributed by atoms with van der Waals surface area (Å²) in [4.78, 5) is 65.2. The first-order valence-corrected chi connectivity index (χ1v) is 13.7. The molecule has 6 N–H and O–H groups in total. The number of hydrogen-bond donors (Lipinski definition) is 5. The summed E-state index contributed by atoms with van der Waals surface area (Å²) in [7, 11) is 0. The van der Waals surface area contributed by atoms with Crippen LogP contribution in [0.4, 0.5) is 0 Å². The molecule has 0 unspecified atom stereocenters. The Balaban J connectivity index is 1.76. The van der Waals surface area contributed by atoms with E-state index < -0.39 is 65.5 Å². The van der Waals surface area contributed by atoms with E-state index in [1.54, 1.807) is 20.8 Å². The van der Waals surface area contributed by atoms with Gasteiger partial charge in [-0.2, -0.15) is 0 Å². The molecular weight excluding hydrogens is 518 g/mol. The number of benzene rings is 1. The van der Waals surface area contributed by atoms with Crippen molar-refractivity contribution in [2.45, 2.75) is 95.2 Å². The number of carbonyl (C=O) groups is 5. The topological polar surface area (TPSA) is 180 Å². The van der Waals surface area contributed by atoms with Crippen molar-refractivity contribution in [3.63, 3.8) is 0 Å². The van der Waals surface area contributed by atoms with Gasteiger partial charge in [0.25, 0.3) is 5.72 Å². The van der Waals surface area contributed by atoms with Crippen LogP contribution in [0.2, 0.25) is 0 Å². The monoisotopic (exact) mass is 559 g/mol. The highest BCUT2D eigenvalue weighted by molar-refractivity contribution is 5.94. The number of nitrogens with zero attached hydrogens (tertiary/aromatic N) is 1. The van der Waals surface area contributed by atoms with Gasteiger partial charge in [-0.05, 0) is 65.0 Å². The first-order chi connectivity index (χ1) is 18.8. The molecule has 0 radical (unpaired) electrons. The fraction of sp³-hybridized carbons (Fsp3) is 0.607. The average molecular weight is 560 g/mol. The molecule has 0 aliphatic carbocycles. The molecule has 2 saturated heterocycles. The number of rotatable bonds is 11. The molecular formula is C28H41N5O7. The van der Waals surface area contributed by atoms with Crippen LogP contribution in [-0.2, 0) is 35.1 Å². The molecule has 2 aliphatic heterocycles. The molecule has 0 spiro atoms. The summed E-state index contributed by atoms with van der Waals surface area (Å²) < 4.78 is 5.46. The summed E-state index contributed by atoms with van der Waals surface area (Å²) in [6, 6.07) is 6.54. The second kappa shape index (κ2) is 13.2. The fourth-order valence-electron chi connectivity index (χ4n) is 5.00. The Labute approximate surface area is 234 Å². The number of aryl methyl sites for hydroxylation is 1. The minimum atomic E-state index is -2.49. The number of amides is 4. The van der Waals surface area contributed by atoms with Gasteiger partial charge >= 0.3 is 5.97 Å². The number of primary amides is 1. The summed E-state index contributed by atoms with van der Waals surface area (Å²) in [6.45, 7) is 5.52. The Morgan fingerprint density at radius 3 is 2.48 bits per heavy atom.